The minimum absolute atomic E-state index is 0.0275. The van der Waals surface area contributed by atoms with Gasteiger partial charge in [-0.15, -0.1) is 0 Å². The highest BCUT2D eigenvalue weighted by molar-refractivity contribution is 5.68. The van der Waals surface area contributed by atoms with Crippen LogP contribution in [0.15, 0.2) is 24.4 Å². The maximum absolute atomic E-state index is 14.8. The van der Waals surface area contributed by atoms with E-state index in [1.54, 1.807) is 46.9 Å². The molecule has 10 nitrogen and oxygen atoms in total. The van der Waals surface area contributed by atoms with Crippen LogP contribution >= 0.6 is 0 Å². The molecule has 0 aliphatic carbocycles. The number of halogens is 1. The van der Waals surface area contributed by atoms with E-state index in [-0.39, 0.29) is 23.2 Å². The molecule has 2 atom stereocenters. The predicted octanol–water partition coefficient (Wildman–Crippen LogP) is 4.36. The molecule has 2 aromatic heterocycles. The number of nitrogens with zero attached hydrogens (tertiary/aromatic N) is 3. The summed E-state index contributed by atoms with van der Waals surface area (Å²) in [6.07, 6.45) is 1.53. The quantitative estimate of drug-likeness (QED) is 0.395. The molecule has 11 heteroatoms. The Kier molecular flexibility index (Phi) is 10.0. The summed E-state index contributed by atoms with van der Waals surface area (Å²) in [5, 5.41) is 18.3. The molecule has 0 saturated carbocycles. The van der Waals surface area contributed by atoms with Gasteiger partial charge in [0.15, 0.2) is 17.5 Å². The topological polar surface area (TPSA) is 130 Å². The molecule has 0 unspecified atom stereocenters. The normalized spacial score (nSPS) is 12.7. The summed E-state index contributed by atoms with van der Waals surface area (Å²) in [5.41, 5.74) is -0.0530. The summed E-state index contributed by atoms with van der Waals surface area (Å²) in [7, 11) is 1.57. The van der Waals surface area contributed by atoms with Crippen molar-refractivity contribution < 1.29 is 23.4 Å². The molecule has 0 bridgehead atoms. The van der Waals surface area contributed by atoms with E-state index < -0.39 is 23.6 Å². The van der Waals surface area contributed by atoms with Gasteiger partial charge in [-0.25, -0.2) is 19.2 Å². The van der Waals surface area contributed by atoms with Crippen LogP contribution in [0.4, 0.5) is 26.5 Å². The van der Waals surface area contributed by atoms with E-state index in [2.05, 4.69) is 25.9 Å². The van der Waals surface area contributed by atoms with Crippen LogP contribution in [0.1, 0.15) is 46.6 Å². The first kappa shape index (κ1) is 27.6. The Morgan fingerprint density at radius 2 is 2.00 bits per heavy atom. The maximum Gasteiger partial charge on any atom is 0.407 e. The number of amides is 1. The number of ether oxygens (including phenoxy) is 3. The Morgan fingerprint density at radius 1 is 1.26 bits per heavy atom. The number of aromatic nitrogens is 2. The summed E-state index contributed by atoms with van der Waals surface area (Å²) in [6.45, 7) is 9.74. The molecule has 35 heavy (non-hydrogen) atoms. The number of rotatable bonds is 11. The van der Waals surface area contributed by atoms with E-state index in [0.717, 1.165) is 6.07 Å². The number of methoxy groups -OCH3 is 1. The van der Waals surface area contributed by atoms with Gasteiger partial charge in [0.25, 0.3) is 0 Å². The van der Waals surface area contributed by atoms with E-state index in [1.807, 2.05) is 13.0 Å². The Bertz CT molecular complexity index is 1040. The van der Waals surface area contributed by atoms with E-state index in [1.165, 1.54) is 6.20 Å². The molecule has 0 spiro atoms. The van der Waals surface area contributed by atoms with Crippen molar-refractivity contribution in [2.45, 2.75) is 58.7 Å². The molecule has 3 N–H and O–H groups in total. The third-order valence-corrected chi connectivity index (χ3v) is 4.74. The third-order valence-electron chi connectivity index (χ3n) is 4.74. The van der Waals surface area contributed by atoms with Gasteiger partial charge in [0.2, 0.25) is 5.88 Å². The van der Waals surface area contributed by atoms with E-state index in [9.17, 15) is 14.4 Å². The molecule has 2 rings (SSSR count). The fourth-order valence-electron chi connectivity index (χ4n) is 3.05. The lowest BCUT2D eigenvalue weighted by molar-refractivity contribution is 0.0503. The minimum Gasteiger partial charge on any atom is -0.475 e. The molecule has 190 valence electrons. The molecule has 2 heterocycles. The van der Waals surface area contributed by atoms with Gasteiger partial charge in [-0.3, -0.25) is 0 Å². The zero-order valence-corrected chi connectivity index (χ0v) is 20.9. The standard InChI is InChI=1S/C24H33FN6O4/c1-7-19(15(2)28-23(32)35-24(3,4)5)30-22-18(25)12-16(14-26)21(31-22)29-17-8-9-27-20(13-17)34-11-10-33-6/h8-9,12-13,15,19H,7,10-11H2,1-6H3,(H,28,32)(H2,27,29,30,31)/t15-,19+/m0/s1. The number of anilines is 3. The molecule has 0 aromatic carbocycles. The van der Waals surface area contributed by atoms with Gasteiger partial charge in [-0.1, -0.05) is 6.92 Å². The van der Waals surface area contributed by atoms with E-state index in [4.69, 9.17) is 14.2 Å². The monoisotopic (exact) mass is 488 g/mol. The van der Waals surface area contributed by atoms with Crippen molar-refractivity contribution in [3.05, 3.63) is 35.8 Å². The molecule has 0 aliphatic heterocycles. The van der Waals surface area contributed by atoms with Crippen molar-refractivity contribution >= 4 is 23.4 Å². The summed E-state index contributed by atoms with van der Waals surface area (Å²) >= 11 is 0. The lowest BCUT2D eigenvalue weighted by Gasteiger charge is -2.27. The van der Waals surface area contributed by atoms with Gasteiger partial charge in [0.05, 0.1) is 12.2 Å². The molecular weight excluding hydrogens is 455 g/mol. The summed E-state index contributed by atoms with van der Waals surface area (Å²) < 4.78 is 30.5. The lowest BCUT2D eigenvalue weighted by atomic mass is 10.1. The number of nitriles is 1. The van der Waals surface area contributed by atoms with E-state index in [0.29, 0.717) is 31.2 Å². The number of hydrogen-bond donors (Lipinski definition) is 3. The molecular formula is C24H33FN6O4. The minimum atomic E-state index is -0.687. The predicted molar refractivity (Wildman–Crippen MR) is 130 cm³/mol. The number of pyridine rings is 2. The number of hydrogen-bond acceptors (Lipinski definition) is 9. The van der Waals surface area contributed by atoms with Gasteiger partial charge >= 0.3 is 6.09 Å². The number of nitrogens with one attached hydrogen (secondary N) is 3. The number of carbonyl (C=O) groups excluding carboxylic acids is 1. The van der Waals surface area contributed by atoms with E-state index >= 15 is 0 Å². The zero-order valence-electron chi connectivity index (χ0n) is 20.9. The van der Waals surface area contributed by atoms with Crippen molar-refractivity contribution in [2.75, 3.05) is 31.0 Å². The summed E-state index contributed by atoms with van der Waals surface area (Å²) in [6, 6.07) is 5.61. The summed E-state index contributed by atoms with van der Waals surface area (Å²) in [4.78, 5) is 20.6. The molecule has 0 fully saturated rings. The van der Waals surface area contributed by atoms with Crippen molar-refractivity contribution in [2.24, 2.45) is 0 Å². The van der Waals surface area contributed by atoms with Crippen molar-refractivity contribution in [3.63, 3.8) is 0 Å². The SMILES string of the molecule is CC[C@@H](Nc1nc(Nc2ccnc(OCCOC)c2)c(C#N)cc1F)[C@H](C)NC(=O)OC(C)(C)C. The molecule has 0 radical (unpaired) electrons. The van der Waals surface area contributed by atoms with Crippen LogP contribution in [0.3, 0.4) is 0 Å². The highest BCUT2D eigenvalue weighted by Gasteiger charge is 2.23. The van der Waals surface area contributed by atoms with Crippen molar-refractivity contribution in [3.8, 4) is 11.9 Å². The van der Waals surface area contributed by atoms with Crippen LogP contribution in [0.25, 0.3) is 0 Å². The van der Waals surface area contributed by atoms with Crippen LogP contribution in [0.5, 0.6) is 5.88 Å². The molecule has 2 aromatic rings. The largest absolute Gasteiger partial charge is 0.475 e. The van der Waals surface area contributed by atoms with Gasteiger partial charge in [-0.2, -0.15) is 5.26 Å². The van der Waals surface area contributed by atoms with Crippen LogP contribution in [0, 0.1) is 17.1 Å². The fourth-order valence-corrected chi connectivity index (χ4v) is 3.05. The Labute approximate surface area is 205 Å². The van der Waals surface area contributed by atoms with Crippen molar-refractivity contribution in [1.82, 2.24) is 15.3 Å². The molecule has 0 aliphatic rings. The van der Waals surface area contributed by atoms with Gasteiger partial charge in [0, 0.05) is 37.1 Å². The first-order chi connectivity index (χ1) is 16.6. The maximum atomic E-state index is 14.8. The molecule has 1 amide bonds. The second kappa shape index (κ2) is 12.7. The first-order valence-electron chi connectivity index (χ1n) is 11.3. The smallest absolute Gasteiger partial charge is 0.407 e. The van der Waals surface area contributed by atoms with Gasteiger partial charge in [0.1, 0.15) is 18.3 Å². The highest BCUT2D eigenvalue weighted by Crippen LogP contribution is 2.25. The van der Waals surface area contributed by atoms with Crippen LogP contribution in [0.2, 0.25) is 0 Å². The Balaban J connectivity index is 2.20. The third kappa shape index (κ3) is 8.90. The van der Waals surface area contributed by atoms with Crippen molar-refractivity contribution in [1.29, 1.82) is 5.26 Å². The molecule has 0 saturated heterocycles. The average molecular weight is 489 g/mol. The zero-order chi connectivity index (χ0) is 26.0. The van der Waals surface area contributed by atoms with Crippen LogP contribution in [-0.4, -0.2) is 54.1 Å². The first-order valence-corrected chi connectivity index (χ1v) is 11.3. The Morgan fingerprint density at radius 3 is 2.63 bits per heavy atom. The van der Waals surface area contributed by atoms with Gasteiger partial charge < -0.3 is 30.2 Å². The highest BCUT2D eigenvalue weighted by atomic mass is 19.1. The average Bonchev–Trinajstić information content (AvgIpc) is 2.78. The summed E-state index contributed by atoms with van der Waals surface area (Å²) in [5.74, 6) is -0.220. The Hall–Kier alpha value is -3.65. The number of carbonyl (C=O) groups is 1. The van der Waals surface area contributed by atoms with Gasteiger partial charge in [-0.05, 0) is 46.2 Å². The van der Waals surface area contributed by atoms with Crippen LogP contribution in [-0.2, 0) is 9.47 Å². The second-order valence-corrected chi connectivity index (χ2v) is 8.77. The van der Waals surface area contributed by atoms with Crippen LogP contribution < -0.4 is 20.7 Å². The number of alkyl carbamates (subject to hydrolysis) is 1. The second-order valence-electron chi connectivity index (χ2n) is 8.77. The fraction of sp³-hybridized carbons (Fsp3) is 0.500. The lowest BCUT2D eigenvalue weighted by Crippen LogP contribution is -2.46.